The van der Waals surface area contributed by atoms with Gasteiger partial charge in [-0.15, -0.1) is 0 Å². The Hall–Kier alpha value is -2.44. The Morgan fingerprint density at radius 2 is 1.47 bits per heavy atom. The molecule has 2 rings (SSSR count). The molecule has 0 bridgehead atoms. The lowest BCUT2D eigenvalue weighted by molar-refractivity contribution is -0.139. The molecule has 0 N–H and O–H groups in total. The van der Waals surface area contributed by atoms with Gasteiger partial charge in [0.05, 0.1) is 6.42 Å². The first-order valence-electron chi connectivity index (χ1n) is 11.0. The molecular weight excluding hydrogens is 385 g/mol. The van der Waals surface area contributed by atoms with Gasteiger partial charge >= 0.3 is 0 Å². The fraction of sp³-hybridized carbons (Fsp3) is 0.609. The van der Waals surface area contributed by atoms with Crippen LogP contribution in [-0.2, 0) is 20.8 Å². The van der Waals surface area contributed by atoms with Crippen molar-refractivity contribution in [3.05, 3.63) is 35.6 Å². The molecule has 1 aliphatic rings. The molecule has 1 saturated heterocycles. The maximum Gasteiger partial charge on any atom is 0.227 e. The molecule has 30 heavy (non-hydrogen) atoms. The number of benzene rings is 1. The normalized spacial score (nSPS) is 14.0. The molecule has 0 atom stereocenters. The quantitative estimate of drug-likeness (QED) is 0.586. The van der Waals surface area contributed by atoms with E-state index in [1.54, 1.807) is 28.0 Å². The van der Waals surface area contributed by atoms with Crippen molar-refractivity contribution in [3.8, 4) is 0 Å². The number of rotatable bonds is 10. The standard InChI is InChI=1S/C23H34FN3O3/c1-3-12-25(13-4-2)21(28)10-7-11-22(29)26-14-16-27(17-15-26)23(30)18-19-8-5-6-9-20(19)24/h5-6,8-9H,3-4,7,10-18H2,1-2H3. The van der Waals surface area contributed by atoms with E-state index < -0.39 is 0 Å². The van der Waals surface area contributed by atoms with E-state index in [1.807, 2.05) is 4.90 Å². The first kappa shape index (κ1) is 23.8. The molecule has 0 aromatic heterocycles. The van der Waals surface area contributed by atoms with Crippen LogP contribution in [0.1, 0.15) is 51.5 Å². The van der Waals surface area contributed by atoms with Gasteiger partial charge in [0.2, 0.25) is 17.7 Å². The lowest BCUT2D eigenvalue weighted by Crippen LogP contribution is -2.51. The van der Waals surface area contributed by atoms with Crippen LogP contribution >= 0.6 is 0 Å². The summed E-state index contributed by atoms with van der Waals surface area (Å²) in [6, 6.07) is 6.30. The zero-order valence-corrected chi connectivity index (χ0v) is 18.2. The van der Waals surface area contributed by atoms with Crippen LogP contribution in [-0.4, -0.2) is 71.7 Å². The number of halogens is 1. The first-order chi connectivity index (χ1) is 14.5. The van der Waals surface area contributed by atoms with Crippen molar-refractivity contribution >= 4 is 17.7 Å². The molecule has 1 aromatic carbocycles. The second kappa shape index (κ2) is 12.3. The highest BCUT2D eigenvalue weighted by atomic mass is 19.1. The predicted molar refractivity (Wildman–Crippen MR) is 114 cm³/mol. The van der Waals surface area contributed by atoms with Gasteiger partial charge in [0.1, 0.15) is 5.82 Å². The number of hydrogen-bond donors (Lipinski definition) is 0. The van der Waals surface area contributed by atoms with Gasteiger partial charge in [0.15, 0.2) is 0 Å². The average molecular weight is 420 g/mol. The fourth-order valence-corrected chi connectivity index (χ4v) is 3.73. The molecule has 0 spiro atoms. The van der Waals surface area contributed by atoms with Crippen LogP contribution in [0.15, 0.2) is 24.3 Å². The first-order valence-corrected chi connectivity index (χ1v) is 11.0. The second-order valence-electron chi connectivity index (χ2n) is 7.76. The molecule has 6 nitrogen and oxygen atoms in total. The Kier molecular flexibility index (Phi) is 9.77. The number of carbonyl (C=O) groups excluding carboxylic acids is 3. The molecule has 1 fully saturated rings. The minimum atomic E-state index is -0.370. The van der Waals surface area contributed by atoms with Crippen molar-refractivity contribution < 1.29 is 18.8 Å². The number of carbonyl (C=O) groups is 3. The van der Waals surface area contributed by atoms with Crippen molar-refractivity contribution in [1.29, 1.82) is 0 Å². The predicted octanol–water partition coefficient (Wildman–Crippen LogP) is 2.86. The summed E-state index contributed by atoms with van der Waals surface area (Å²) in [7, 11) is 0. The molecule has 3 amide bonds. The number of amides is 3. The van der Waals surface area contributed by atoms with Crippen molar-refractivity contribution in [1.82, 2.24) is 14.7 Å². The summed E-state index contributed by atoms with van der Waals surface area (Å²) >= 11 is 0. The van der Waals surface area contributed by atoms with Crippen LogP contribution < -0.4 is 0 Å². The van der Waals surface area contributed by atoms with Crippen molar-refractivity contribution in [3.63, 3.8) is 0 Å². The summed E-state index contributed by atoms with van der Waals surface area (Å²) in [5, 5.41) is 0. The minimum Gasteiger partial charge on any atom is -0.343 e. The third-order valence-corrected chi connectivity index (χ3v) is 5.41. The molecule has 7 heteroatoms. The molecule has 1 aliphatic heterocycles. The summed E-state index contributed by atoms with van der Waals surface area (Å²) in [6.07, 6.45) is 3.20. The van der Waals surface area contributed by atoms with Gasteiger partial charge in [-0.1, -0.05) is 32.0 Å². The van der Waals surface area contributed by atoms with Crippen LogP contribution in [0, 0.1) is 5.82 Å². The van der Waals surface area contributed by atoms with Gasteiger partial charge in [-0.05, 0) is 30.9 Å². The summed E-state index contributed by atoms with van der Waals surface area (Å²) in [6.45, 7) is 7.52. The molecule has 166 valence electrons. The monoisotopic (exact) mass is 419 g/mol. The van der Waals surface area contributed by atoms with E-state index in [2.05, 4.69) is 13.8 Å². The Morgan fingerprint density at radius 3 is 2.03 bits per heavy atom. The van der Waals surface area contributed by atoms with E-state index in [4.69, 9.17) is 0 Å². The zero-order chi connectivity index (χ0) is 21.9. The maximum atomic E-state index is 13.7. The Balaban J connectivity index is 1.71. The number of nitrogens with zero attached hydrogens (tertiary/aromatic N) is 3. The van der Waals surface area contributed by atoms with Crippen molar-refractivity contribution in [2.75, 3.05) is 39.3 Å². The molecule has 1 heterocycles. The van der Waals surface area contributed by atoms with Crippen LogP contribution in [0.5, 0.6) is 0 Å². The van der Waals surface area contributed by atoms with Gasteiger partial charge in [0, 0.05) is 52.1 Å². The largest absolute Gasteiger partial charge is 0.343 e. The van der Waals surface area contributed by atoms with Crippen molar-refractivity contribution in [2.45, 2.75) is 52.4 Å². The van der Waals surface area contributed by atoms with Crippen molar-refractivity contribution in [2.24, 2.45) is 0 Å². The Labute approximate surface area is 179 Å². The van der Waals surface area contributed by atoms with Crippen LogP contribution in [0.25, 0.3) is 0 Å². The van der Waals surface area contributed by atoms with E-state index >= 15 is 0 Å². The highest BCUT2D eigenvalue weighted by molar-refractivity contribution is 5.81. The van der Waals surface area contributed by atoms with E-state index in [1.165, 1.54) is 6.07 Å². The lowest BCUT2D eigenvalue weighted by Gasteiger charge is -2.35. The van der Waals surface area contributed by atoms with Crippen LogP contribution in [0.3, 0.4) is 0 Å². The summed E-state index contributed by atoms with van der Waals surface area (Å²) in [5.41, 5.74) is 0.394. The SMILES string of the molecule is CCCN(CCC)C(=O)CCCC(=O)N1CCN(C(=O)Cc2ccccc2F)CC1. The highest BCUT2D eigenvalue weighted by Crippen LogP contribution is 2.12. The number of piperazine rings is 1. The summed E-state index contributed by atoms with van der Waals surface area (Å²) in [4.78, 5) is 42.5. The molecular formula is C23H34FN3O3. The highest BCUT2D eigenvalue weighted by Gasteiger charge is 2.24. The molecule has 0 radical (unpaired) electrons. The fourth-order valence-electron chi connectivity index (χ4n) is 3.73. The van der Waals surface area contributed by atoms with Gasteiger partial charge in [-0.3, -0.25) is 14.4 Å². The smallest absolute Gasteiger partial charge is 0.227 e. The van der Waals surface area contributed by atoms with Crippen LogP contribution in [0.4, 0.5) is 4.39 Å². The Morgan fingerprint density at radius 1 is 0.900 bits per heavy atom. The third-order valence-electron chi connectivity index (χ3n) is 5.41. The summed E-state index contributed by atoms with van der Waals surface area (Å²) < 4.78 is 13.7. The maximum absolute atomic E-state index is 13.7. The van der Waals surface area contributed by atoms with Crippen LogP contribution in [0.2, 0.25) is 0 Å². The van der Waals surface area contributed by atoms with Gasteiger partial charge < -0.3 is 14.7 Å². The van der Waals surface area contributed by atoms with Gasteiger partial charge in [-0.25, -0.2) is 4.39 Å². The van der Waals surface area contributed by atoms with E-state index in [0.717, 1.165) is 25.9 Å². The second-order valence-corrected chi connectivity index (χ2v) is 7.76. The minimum absolute atomic E-state index is 0.0292. The Bertz CT molecular complexity index is 711. The topological polar surface area (TPSA) is 60.9 Å². The lowest BCUT2D eigenvalue weighted by atomic mass is 10.1. The third kappa shape index (κ3) is 7.11. The van der Waals surface area contributed by atoms with E-state index in [9.17, 15) is 18.8 Å². The van der Waals surface area contributed by atoms with E-state index in [-0.39, 0.29) is 30.0 Å². The van der Waals surface area contributed by atoms with Gasteiger partial charge in [-0.2, -0.15) is 0 Å². The average Bonchev–Trinajstić information content (AvgIpc) is 2.75. The zero-order valence-electron chi connectivity index (χ0n) is 18.2. The molecule has 0 saturated carbocycles. The summed E-state index contributed by atoms with van der Waals surface area (Å²) in [5.74, 6) is -0.341. The molecule has 0 aliphatic carbocycles. The van der Waals surface area contributed by atoms with Gasteiger partial charge in [0.25, 0.3) is 0 Å². The molecule has 1 aromatic rings. The number of hydrogen-bond acceptors (Lipinski definition) is 3. The van der Waals surface area contributed by atoms with E-state index in [0.29, 0.717) is 51.0 Å². The molecule has 0 unspecified atom stereocenters.